The quantitative estimate of drug-likeness (QED) is 0.867. The van der Waals surface area contributed by atoms with E-state index in [0.29, 0.717) is 30.9 Å². The van der Waals surface area contributed by atoms with Crippen LogP contribution in [0.25, 0.3) is 0 Å². The topological polar surface area (TPSA) is 50.7 Å². The van der Waals surface area contributed by atoms with Crippen molar-refractivity contribution in [2.75, 3.05) is 13.2 Å². The van der Waals surface area contributed by atoms with Crippen LogP contribution in [-0.4, -0.2) is 24.8 Å². The molecular weight excluding hydrogens is 297 g/mol. The average molecular weight is 310 g/mol. The van der Waals surface area contributed by atoms with Crippen molar-refractivity contribution >= 4 is 11.6 Å². The van der Waals surface area contributed by atoms with E-state index in [2.05, 4.69) is 10.3 Å². The molecule has 0 aromatic heterocycles. The van der Waals surface area contributed by atoms with Crippen LogP contribution >= 0.6 is 0 Å². The van der Waals surface area contributed by atoms with Crippen molar-refractivity contribution in [1.82, 2.24) is 5.32 Å². The second kappa shape index (κ2) is 5.47. The van der Waals surface area contributed by atoms with Gasteiger partial charge in [0, 0.05) is 0 Å². The molecule has 1 saturated heterocycles. The number of amides is 1. The fraction of sp³-hybridized carbons (Fsp3) is 0.333. The standard InChI is InChI=1S/C15H13F3N2O2/c16-15(17,18)10-3-1-9(2-4-10)11-5-6-12-13(20-11)14(21)19-7-8-22-12/h1-4,6,11H,5,7-8H2,(H,19,21). The number of benzene rings is 1. The highest BCUT2D eigenvalue weighted by atomic mass is 19.4. The van der Waals surface area contributed by atoms with E-state index in [4.69, 9.17) is 4.74 Å². The molecule has 1 unspecified atom stereocenters. The smallest absolute Gasteiger partial charge is 0.416 e. The summed E-state index contributed by atoms with van der Waals surface area (Å²) in [6, 6.07) is 4.46. The highest BCUT2D eigenvalue weighted by Crippen LogP contribution is 2.32. The molecule has 3 rings (SSSR count). The monoisotopic (exact) mass is 310 g/mol. The molecule has 0 bridgehead atoms. The summed E-state index contributed by atoms with van der Waals surface area (Å²) in [5.41, 5.74) is 0.132. The van der Waals surface area contributed by atoms with Crippen LogP contribution < -0.4 is 5.32 Å². The van der Waals surface area contributed by atoms with Crippen molar-refractivity contribution in [3.05, 3.63) is 47.2 Å². The minimum Gasteiger partial charge on any atom is -0.490 e. The highest BCUT2D eigenvalue weighted by Gasteiger charge is 2.31. The number of hydrogen-bond acceptors (Lipinski definition) is 3. The Morgan fingerprint density at radius 3 is 2.64 bits per heavy atom. The number of aliphatic imine (C=N–C) groups is 1. The van der Waals surface area contributed by atoms with Crippen LogP contribution in [0.15, 0.2) is 41.1 Å². The number of fused-ring (bicyclic) bond motifs is 1. The lowest BCUT2D eigenvalue weighted by Gasteiger charge is -2.19. The van der Waals surface area contributed by atoms with Gasteiger partial charge in [0.15, 0.2) is 5.71 Å². The first kappa shape index (κ1) is 14.6. The molecular formula is C15H13F3N2O2. The molecule has 0 saturated carbocycles. The Morgan fingerprint density at radius 1 is 1.23 bits per heavy atom. The van der Waals surface area contributed by atoms with Gasteiger partial charge in [-0.3, -0.25) is 9.79 Å². The van der Waals surface area contributed by atoms with Crippen LogP contribution in [0.1, 0.15) is 23.6 Å². The molecule has 4 nitrogen and oxygen atoms in total. The van der Waals surface area contributed by atoms with Crippen LogP contribution in [0.2, 0.25) is 0 Å². The molecule has 0 radical (unpaired) electrons. The zero-order chi connectivity index (χ0) is 15.7. The molecule has 1 aromatic rings. The molecule has 1 aromatic carbocycles. The number of halogens is 3. The molecule has 2 aliphatic rings. The fourth-order valence-electron chi connectivity index (χ4n) is 2.40. The first-order valence-electron chi connectivity index (χ1n) is 6.81. The Bertz CT molecular complexity index is 648. The molecule has 7 heteroatoms. The van der Waals surface area contributed by atoms with E-state index in [9.17, 15) is 18.0 Å². The molecule has 1 atom stereocenters. The molecule has 1 amide bonds. The summed E-state index contributed by atoms with van der Waals surface area (Å²) in [5.74, 6) is 0.124. The van der Waals surface area contributed by atoms with Gasteiger partial charge in [-0.2, -0.15) is 13.2 Å². The number of carbonyl (C=O) groups is 1. The Morgan fingerprint density at radius 2 is 1.95 bits per heavy atom. The van der Waals surface area contributed by atoms with Crippen molar-refractivity contribution in [3.63, 3.8) is 0 Å². The van der Waals surface area contributed by atoms with Gasteiger partial charge in [0.25, 0.3) is 5.91 Å². The number of alkyl halides is 3. The van der Waals surface area contributed by atoms with Gasteiger partial charge in [0.1, 0.15) is 12.4 Å². The summed E-state index contributed by atoms with van der Waals surface area (Å²) >= 11 is 0. The van der Waals surface area contributed by atoms with Gasteiger partial charge in [0.2, 0.25) is 0 Å². The number of ether oxygens (including phenoxy) is 1. The third kappa shape index (κ3) is 2.84. The molecule has 116 valence electrons. The van der Waals surface area contributed by atoms with Gasteiger partial charge >= 0.3 is 6.18 Å². The molecule has 2 heterocycles. The third-order valence-corrected chi connectivity index (χ3v) is 3.53. The molecule has 1 fully saturated rings. The number of dihydropyridines is 1. The predicted octanol–water partition coefficient (Wildman–Crippen LogP) is 2.62. The molecule has 2 aliphatic heterocycles. The zero-order valence-electron chi connectivity index (χ0n) is 11.5. The highest BCUT2D eigenvalue weighted by molar-refractivity contribution is 6.45. The first-order valence-corrected chi connectivity index (χ1v) is 6.81. The maximum absolute atomic E-state index is 12.6. The van der Waals surface area contributed by atoms with Crippen LogP contribution in [-0.2, 0) is 15.7 Å². The van der Waals surface area contributed by atoms with Crippen molar-refractivity contribution in [2.24, 2.45) is 4.99 Å². The summed E-state index contributed by atoms with van der Waals surface area (Å²) in [7, 11) is 0. The number of carbonyl (C=O) groups excluding carboxylic acids is 1. The fourth-order valence-corrected chi connectivity index (χ4v) is 2.40. The average Bonchev–Trinajstić information content (AvgIpc) is 2.68. The predicted molar refractivity (Wildman–Crippen MR) is 73.3 cm³/mol. The van der Waals surface area contributed by atoms with E-state index >= 15 is 0 Å². The minimum absolute atomic E-state index is 0.202. The van der Waals surface area contributed by atoms with Crippen molar-refractivity contribution in [2.45, 2.75) is 18.6 Å². The van der Waals surface area contributed by atoms with Gasteiger partial charge < -0.3 is 10.1 Å². The normalized spacial score (nSPS) is 21.8. The summed E-state index contributed by atoms with van der Waals surface area (Å²) in [6.07, 6.45) is -2.12. The van der Waals surface area contributed by atoms with Gasteiger partial charge in [0.05, 0.1) is 18.2 Å². The van der Waals surface area contributed by atoms with E-state index in [0.717, 1.165) is 12.1 Å². The third-order valence-electron chi connectivity index (χ3n) is 3.53. The molecule has 22 heavy (non-hydrogen) atoms. The van der Waals surface area contributed by atoms with Gasteiger partial charge in [-0.25, -0.2) is 0 Å². The Labute approximate surface area is 124 Å². The van der Waals surface area contributed by atoms with Gasteiger partial charge in [-0.15, -0.1) is 0 Å². The first-order chi connectivity index (χ1) is 10.4. The second-order valence-electron chi connectivity index (χ2n) is 5.02. The van der Waals surface area contributed by atoms with Crippen LogP contribution in [0.4, 0.5) is 13.2 Å². The Hall–Kier alpha value is -2.31. The van der Waals surface area contributed by atoms with E-state index in [-0.39, 0.29) is 17.7 Å². The van der Waals surface area contributed by atoms with E-state index in [1.165, 1.54) is 12.1 Å². The summed E-state index contributed by atoms with van der Waals surface area (Å²) in [6.45, 7) is 0.779. The second-order valence-corrected chi connectivity index (χ2v) is 5.02. The maximum atomic E-state index is 12.6. The Balaban J connectivity index is 1.86. The van der Waals surface area contributed by atoms with Crippen LogP contribution in [0.3, 0.4) is 0 Å². The lowest BCUT2D eigenvalue weighted by molar-refractivity contribution is -0.137. The maximum Gasteiger partial charge on any atom is 0.416 e. The largest absolute Gasteiger partial charge is 0.490 e. The van der Waals surface area contributed by atoms with Gasteiger partial charge in [-0.1, -0.05) is 12.1 Å². The van der Waals surface area contributed by atoms with E-state index in [1.54, 1.807) is 6.08 Å². The van der Waals surface area contributed by atoms with Crippen LogP contribution in [0.5, 0.6) is 0 Å². The summed E-state index contributed by atoms with van der Waals surface area (Å²) < 4.78 is 43.1. The number of hydrogen-bond donors (Lipinski definition) is 1. The van der Waals surface area contributed by atoms with Crippen molar-refractivity contribution in [3.8, 4) is 0 Å². The number of nitrogens with zero attached hydrogens (tertiary/aromatic N) is 1. The number of nitrogens with one attached hydrogen (secondary N) is 1. The van der Waals surface area contributed by atoms with E-state index < -0.39 is 11.7 Å². The van der Waals surface area contributed by atoms with E-state index in [1.807, 2.05) is 0 Å². The van der Waals surface area contributed by atoms with Crippen molar-refractivity contribution < 1.29 is 22.7 Å². The summed E-state index contributed by atoms with van der Waals surface area (Å²) in [5, 5.41) is 2.66. The van der Waals surface area contributed by atoms with Gasteiger partial charge in [-0.05, 0) is 30.2 Å². The molecule has 0 aliphatic carbocycles. The van der Waals surface area contributed by atoms with Crippen molar-refractivity contribution in [1.29, 1.82) is 0 Å². The molecule has 1 N–H and O–H groups in total. The van der Waals surface area contributed by atoms with Crippen LogP contribution in [0, 0.1) is 0 Å². The molecule has 0 spiro atoms. The SMILES string of the molecule is O=C1NCCOC2=CCC(c3ccc(C(F)(F)F)cc3)N=C12. The Kier molecular flexibility index (Phi) is 3.64. The zero-order valence-corrected chi connectivity index (χ0v) is 11.5. The lowest BCUT2D eigenvalue weighted by Crippen LogP contribution is -2.31. The lowest BCUT2D eigenvalue weighted by atomic mass is 9.99. The number of rotatable bonds is 1. The minimum atomic E-state index is -4.36. The summed E-state index contributed by atoms with van der Waals surface area (Å²) in [4.78, 5) is 16.2.